The summed E-state index contributed by atoms with van der Waals surface area (Å²) in [5, 5.41) is 3.59. The molecule has 3 aliphatic heterocycles. The van der Waals surface area contributed by atoms with Gasteiger partial charge < -0.3 is 5.32 Å². The van der Waals surface area contributed by atoms with Crippen molar-refractivity contribution >= 4 is 0 Å². The van der Waals surface area contributed by atoms with Crippen molar-refractivity contribution in [2.75, 3.05) is 39.8 Å². The fourth-order valence-corrected chi connectivity index (χ4v) is 3.71. The fourth-order valence-electron chi connectivity index (χ4n) is 3.71. The Hall–Kier alpha value is -0.120. The van der Waals surface area contributed by atoms with E-state index in [-0.39, 0.29) is 0 Å². The van der Waals surface area contributed by atoms with Crippen LogP contribution in [0.2, 0.25) is 0 Å². The molecule has 0 radical (unpaired) electrons. The number of nitrogens with one attached hydrogen (secondary N) is 1. The van der Waals surface area contributed by atoms with Gasteiger partial charge in [0, 0.05) is 44.8 Å². The zero-order valence-electron chi connectivity index (χ0n) is 13.0. The summed E-state index contributed by atoms with van der Waals surface area (Å²) in [6.07, 6.45) is 9.83. The first-order valence-corrected chi connectivity index (χ1v) is 8.48. The average molecular weight is 267 g/mol. The number of hydrogen-bond acceptors (Lipinski definition) is 3. The monoisotopic (exact) mass is 267 g/mol. The van der Waals surface area contributed by atoms with Gasteiger partial charge in [0.2, 0.25) is 0 Å². The molecule has 3 saturated heterocycles. The lowest BCUT2D eigenvalue weighted by molar-refractivity contribution is -0.00367. The molecule has 0 aromatic carbocycles. The summed E-state index contributed by atoms with van der Waals surface area (Å²) in [5.74, 6) is 0. The molecule has 112 valence electrons. The van der Waals surface area contributed by atoms with Crippen molar-refractivity contribution < 1.29 is 0 Å². The van der Waals surface area contributed by atoms with E-state index in [2.05, 4.69) is 29.1 Å². The number of likely N-dealkylation sites (N-methyl/N-ethyl adjacent to an activating group) is 1. The molecule has 1 N–H and O–H groups in total. The molecular formula is C16H33N3. The van der Waals surface area contributed by atoms with E-state index in [4.69, 9.17) is 0 Å². The highest BCUT2D eigenvalue weighted by molar-refractivity contribution is 4.94. The highest BCUT2D eigenvalue weighted by Crippen LogP contribution is 2.21. The smallest absolute Gasteiger partial charge is 0.0377 e. The van der Waals surface area contributed by atoms with E-state index < -0.39 is 0 Å². The van der Waals surface area contributed by atoms with Crippen molar-refractivity contribution in [3.8, 4) is 0 Å². The highest BCUT2D eigenvalue weighted by Gasteiger charge is 2.35. The van der Waals surface area contributed by atoms with E-state index in [0.717, 1.165) is 6.04 Å². The minimum atomic E-state index is 0.703. The number of nitrogens with zero attached hydrogens (tertiary/aromatic N) is 2. The summed E-state index contributed by atoms with van der Waals surface area (Å²) in [7, 11) is 2.15. The van der Waals surface area contributed by atoms with Crippen molar-refractivity contribution in [3.63, 3.8) is 0 Å². The molecule has 2 unspecified atom stereocenters. The number of rotatable bonds is 9. The van der Waals surface area contributed by atoms with Crippen LogP contribution in [0.3, 0.4) is 0 Å². The van der Waals surface area contributed by atoms with Crippen LogP contribution in [0.4, 0.5) is 0 Å². The van der Waals surface area contributed by atoms with E-state index in [1.165, 1.54) is 77.7 Å². The Morgan fingerprint density at radius 2 is 1.68 bits per heavy atom. The molecule has 3 heteroatoms. The van der Waals surface area contributed by atoms with E-state index in [1.807, 2.05) is 0 Å². The maximum Gasteiger partial charge on any atom is 0.0377 e. The molecule has 2 bridgehead atoms. The van der Waals surface area contributed by atoms with Gasteiger partial charge in [-0.25, -0.2) is 0 Å². The van der Waals surface area contributed by atoms with Gasteiger partial charge in [-0.15, -0.1) is 0 Å². The van der Waals surface area contributed by atoms with Crippen LogP contribution in [0.1, 0.15) is 51.9 Å². The fraction of sp³-hybridized carbons (Fsp3) is 1.00. The Morgan fingerprint density at radius 1 is 1.00 bits per heavy atom. The molecule has 0 spiro atoms. The van der Waals surface area contributed by atoms with Gasteiger partial charge in [-0.3, -0.25) is 9.80 Å². The van der Waals surface area contributed by atoms with Crippen LogP contribution in [0.25, 0.3) is 0 Å². The normalized spacial score (nSPS) is 31.6. The summed E-state index contributed by atoms with van der Waals surface area (Å²) < 4.78 is 0. The molecule has 0 aliphatic carbocycles. The number of unbranched alkanes of at least 4 members (excludes halogenated alkanes) is 5. The van der Waals surface area contributed by atoms with Gasteiger partial charge in [0.15, 0.2) is 0 Å². The second kappa shape index (κ2) is 8.23. The maximum absolute atomic E-state index is 3.59. The van der Waals surface area contributed by atoms with Crippen molar-refractivity contribution in [2.45, 2.75) is 64.0 Å². The molecule has 0 aromatic heterocycles. The SMILES string of the molecule is CCCCCCCCC(NC)C1CN2CCN1CC2. The summed E-state index contributed by atoms with van der Waals surface area (Å²) in [5.41, 5.74) is 0. The van der Waals surface area contributed by atoms with Crippen LogP contribution < -0.4 is 5.32 Å². The number of fused-ring (bicyclic) bond motifs is 3. The van der Waals surface area contributed by atoms with E-state index >= 15 is 0 Å². The highest BCUT2D eigenvalue weighted by atomic mass is 15.4. The van der Waals surface area contributed by atoms with E-state index in [0.29, 0.717) is 6.04 Å². The molecule has 2 atom stereocenters. The first-order chi connectivity index (χ1) is 9.35. The number of piperazine rings is 3. The second-order valence-corrected chi connectivity index (χ2v) is 6.36. The zero-order valence-corrected chi connectivity index (χ0v) is 13.0. The Kier molecular flexibility index (Phi) is 6.62. The molecular weight excluding hydrogens is 234 g/mol. The van der Waals surface area contributed by atoms with Gasteiger partial charge >= 0.3 is 0 Å². The quantitative estimate of drug-likeness (QED) is 0.647. The van der Waals surface area contributed by atoms with Gasteiger partial charge in [-0.05, 0) is 13.5 Å². The summed E-state index contributed by atoms with van der Waals surface area (Å²) in [6, 6.07) is 1.47. The molecule has 3 fully saturated rings. The topological polar surface area (TPSA) is 18.5 Å². The Morgan fingerprint density at radius 3 is 2.26 bits per heavy atom. The third-order valence-electron chi connectivity index (χ3n) is 5.03. The lowest BCUT2D eigenvalue weighted by Crippen LogP contribution is -2.66. The maximum atomic E-state index is 3.59. The van der Waals surface area contributed by atoms with Gasteiger partial charge in [0.05, 0.1) is 0 Å². The minimum absolute atomic E-state index is 0.703. The molecule has 0 amide bonds. The molecule has 0 aromatic rings. The average Bonchev–Trinajstić information content (AvgIpc) is 2.48. The summed E-state index contributed by atoms with van der Waals surface area (Å²) in [6.45, 7) is 8.76. The van der Waals surface area contributed by atoms with E-state index in [9.17, 15) is 0 Å². The standard InChI is InChI=1S/C16H33N3/c1-3-4-5-6-7-8-9-15(17-2)16-14-18-10-12-19(16)13-11-18/h15-17H,3-14H2,1-2H3. The predicted octanol–water partition coefficient (Wildman–Crippen LogP) is 2.32. The Balaban J connectivity index is 1.65. The van der Waals surface area contributed by atoms with Crippen molar-refractivity contribution in [3.05, 3.63) is 0 Å². The Bertz CT molecular complexity index is 236. The minimum Gasteiger partial charge on any atom is -0.315 e. The van der Waals surface area contributed by atoms with Gasteiger partial charge in [0.25, 0.3) is 0 Å². The molecule has 0 saturated carbocycles. The van der Waals surface area contributed by atoms with Gasteiger partial charge in [-0.2, -0.15) is 0 Å². The van der Waals surface area contributed by atoms with E-state index in [1.54, 1.807) is 0 Å². The molecule has 3 aliphatic rings. The van der Waals surface area contributed by atoms with Crippen LogP contribution >= 0.6 is 0 Å². The van der Waals surface area contributed by atoms with Crippen LogP contribution in [-0.4, -0.2) is 61.7 Å². The molecule has 3 rings (SSSR count). The molecule has 19 heavy (non-hydrogen) atoms. The van der Waals surface area contributed by atoms with Crippen LogP contribution in [0, 0.1) is 0 Å². The zero-order chi connectivity index (χ0) is 13.5. The van der Waals surface area contributed by atoms with Crippen LogP contribution in [0.15, 0.2) is 0 Å². The lowest BCUT2D eigenvalue weighted by Gasteiger charge is -2.50. The predicted molar refractivity (Wildman–Crippen MR) is 82.6 cm³/mol. The number of hydrogen-bond donors (Lipinski definition) is 1. The second-order valence-electron chi connectivity index (χ2n) is 6.36. The van der Waals surface area contributed by atoms with Gasteiger partial charge in [-0.1, -0.05) is 45.4 Å². The third kappa shape index (κ3) is 4.44. The van der Waals surface area contributed by atoms with Crippen molar-refractivity contribution in [1.29, 1.82) is 0 Å². The van der Waals surface area contributed by atoms with Crippen molar-refractivity contribution in [1.82, 2.24) is 15.1 Å². The molecule has 3 heterocycles. The summed E-state index contributed by atoms with van der Waals surface area (Å²) in [4.78, 5) is 5.37. The summed E-state index contributed by atoms with van der Waals surface area (Å²) >= 11 is 0. The lowest BCUT2D eigenvalue weighted by atomic mass is 9.95. The van der Waals surface area contributed by atoms with Crippen LogP contribution in [0.5, 0.6) is 0 Å². The van der Waals surface area contributed by atoms with Gasteiger partial charge in [0.1, 0.15) is 0 Å². The third-order valence-corrected chi connectivity index (χ3v) is 5.03. The van der Waals surface area contributed by atoms with Crippen LogP contribution in [-0.2, 0) is 0 Å². The molecule has 3 nitrogen and oxygen atoms in total. The first kappa shape index (κ1) is 15.3. The largest absolute Gasteiger partial charge is 0.315 e. The van der Waals surface area contributed by atoms with Crippen molar-refractivity contribution in [2.24, 2.45) is 0 Å². The Labute approximate surface area is 119 Å². The first-order valence-electron chi connectivity index (χ1n) is 8.48.